The van der Waals surface area contributed by atoms with Crippen LogP contribution in [0.25, 0.3) is 105 Å². The number of hydrogen-bond acceptors (Lipinski definition) is 4. The fraction of sp³-hybridized carbons (Fsp3) is 0. The van der Waals surface area contributed by atoms with Gasteiger partial charge in [0.05, 0.1) is 16.7 Å². The molecular weight excluding hydrogens is 637 g/mol. The highest BCUT2D eigenvalue weighted by atomic mass is 16.3. The first kappa shape index (κ1) is 28.7. The molecule has 0 spiro atoms. The summed E-state index contributed by atoms with van der Waals surface area (Å²) in [6.07, 6.45) is 0. The maximum Gasteiger partial charge on any atom is 0.164 e. The predicted octanol–water partition coefficient (Wildman–Crippen LogP) is 12.2. The van der Waals surface area contributed by atoms with Crippen molar-refractivity contribution in [2.24, 2.45) is 0 Å². The molecule has 0 N–H and O–H groups in total. The van der Waals surface area contributed by atoms with Crippen LogP contribution in [-0.4, -0.2) is 19.5 Å². The highest BCUT2D eigenvalue weighted by molar-refractivity contribution is 6.32. The lowest BCUT2D eigenvalue weighted by molar-refractivity contribution is 0.666. The van der Waals surface area contributed by atoms with Gasteiger partial charge in [-0.2, -0.15) is 0 Å². The average Bonchev–Trinajstić information content (AvgIpc) is 3.78. The average molecular weight is 665 g/mol. The molecule has 0 unspecified atom stereocenters. The third kappa shape index (κ3) is 4.20. The van der Waals surface area contributed by atoms with Gasteiger partial charge in [0.15, 0.2) is 23.1 Å². The van der Waals surface area contributed by atoms with Gasteiger partial charge < -0.3 is 8.98 Å². The third-order valence-corrected chi connectivity index (χ3v) is 10.2. The highest BCUT2D eigenvalue weighted by Crippen LogP contribution is 2.45. The Morgan fingerprint density at radius 1 is 0.385 bits per heavy atom. The van der Waals surface area contributed by atoms with Gasteiger partial charge >= 0.3 is 0 Å². The lowest BCUT2D eigenvalue weighted by Crippen LogP contribution is -2.01. The largest absolute Gasteiger partial charge is 0.454 e. The zero-order chi connectivity index (χ0) is 34.2. The minimum absolute atomic E-state index is 0.592. The van der Waals surface area contributed by atoms with Crippen molar-refractivity contribution in [1.29, 1.82) is 0 Å². The smallest absolute Gasteiger partial charge is 0.164 e. The summed E-state index contributed by atoms with van der Waals surface area (Å²) in [6, 6.07) is 58.9. The Hall–Kier alpha value is -7.11. The third-order valence-electron chi connectivity index (χ3n) is 10.2. The van der Waals surface area contributed by atoms with Crippen molar-refractivity contribution in [3.05, 3.63) is 170 Å². The van der Waals surface area contributed by atoms with Crippen molar-refractivity contribution in [2.45, 2.75) is 0 Å². The van der Waals surface area contributed by atoms with Gasteiger partial charge in [-0.15, -0.1) is 0 Å². The number of para-hydroxylation sites is 2. The molecule has 0 amide bonds. The summed E-state index contributed by atoms with van der Waals surface area (Å²) >= 11 is 0. The summed E-state index contributed by atoms with van der Waals surface area (Å²) in [5.41, 5.74) is 7.56. The number of hydrogen-bond donors (Lipinski definition) is 0. The molecule has 0 bridgehead atoms. The lowest BCUT2D eigenvalue weighted by Gasteiger charge is -2.14. The summed E-state index contributed by atoms with van der Waals surface area (Å²) in [4.78, 5) is 15.2. The Labute approximate surface area is 298 Å². The van der Waals surface area contributed by atoms with Gasteiger partial charge in [0.1, 0.15) is 5.58 Å². The molecule has 0 atom stereocenters. The van der Waals surface area contributed by atoms with Gasteiger partial charge in [-0.05, 0) is 40.4 Å². The van der Waals surface area contributed by atoms with E-state index in [9.17, 15) is 0 Å². The van der Waals surface area contributed by atoms with E-state index in [2.05, 4.69) is 102 Å². The molecule has 52 heavy (non-hydrogen) atoms. The van der Waals surface area contributed by atoms with Crippen LogP contribution in [0.2, 0.25) is 0 Å². The fourth-order valence-corrected chi connectivity index (χ4v) is 7.98. The molecule has 0 aliphatic heterocycles. The normalized spacial score (nSPS) is 11.8. The van der Waals surface area contributed by atoms with E-state index in [0.29, 0.717) is 17.5 Å². The zero-order valence-corrected chi connectivity index (χ0v) is 27.9. The van der Waals surface area contributed by atoms with E-state index in [1.807, 2.05) is 72.8 Å². The standard InChI is InChI=1S/C47H28N4O/c1-3-15-29(16-4-1)45-48-46(30-17-5-2-6-18-30)50-47(49-45)37-27-28-39(44-42(37)36-24-12-14-26-40(36)52-44)51-38-25-13-11-23-35(38)41-33-21-9-7-19-31(33)32-20-8-10-22-34(32)43(41)51/h1-28H. The minimum Gasteiger partial charge on any atom is -0.454 e. The molecule has 242 valence electrons. The quantitative estimate of drug-likeness (QED) is 0.176. The molecule has 0 aliphatic carbocycles. The Bertz CT molecular complexity index is 3120. The van der Waals surface area contributed by atoms with Crippen LogP contribution < -0.4 is 0 Å². The van der Waals surface area contributed by atoms with E-state index in [-0.39, 0.29) is 0 Å². The van der Waals surface area contributed by atoms with E-state index in [1.165, 1.54) is 32.3 Å². The zero-order valence-electron chi connectivity index (χ0n) is 27.9. The Kier molecular flexibility index (Phi) is 6.18. The molecule has 3 aromatic heterocycles. The van der Waals surface area contributed by atoms with Crippen LogP contribution in [0, 0.1) is 0 Å². The van der Waals surface area contributed by atoms with Crippen molar-refractivity contribution < 1.29 is 4.42 Å². The Balaban J connectivity index is 1.27. The van der Waals surface area contributed by atoms with Crippen LogP contribution in [0.4, 0.5) is 0 Å². The Morgan fingerprint density at radius 2 is 0.904 bits per heavy atom. The Morgan fingerprint density at radius 3 is 1.60 bits per heavy atom. The summed E-state index contributed by atoms with van der Waals surface area (Å²) in [6.45, 7) is 0. The molecule has 0 fully saturated rings. The molecular formula is C47H28N4O. The molecule has 11 rings (SSSR count). The number of benzene rings is 8. The second kappa shape index (κ2) is 11.2. The number of fused-ring (bicyclic) bond motifs is 11. The van der Waals surface area contributed by atoms with Gasteiger partial charge in [-0.3, -0.25) is 0 Å². The van der Waals surface area contributed by atoms with Crippen LogP contribution in [0.3, 0.4) is 0 Å². The van der Waals surface area contributed by atoms with Crippen molar-refractivity contribution in [2.75, 3.05) is 0 Å². The second-order valence-electron chi connectivity index (χ2n) is 13.1. The van der Waals surface area contributed by atoms with Crippen molar-refractivity contribution in [1.82, 2.24) is 19.5 Å². The first-order chi connectivity index (χ1) is 25.8. The molecule has 8 aromatic carbocycles. The first-order valence-electron chi connectivity index (χ1n) is 17.5. The predicted molar refractivity (Wildman–Crippen MR) is 213 cm³/mol. The monoisotopic (exact) mass is 664 g/mol. The topological polar surface area (TPSA) is 56.7 Å². The summed E-state index contributed by atoms with van der Waals surface area (Å²) in [5, 5.41) is 9.30. The molecule has 3 heterocycles. The summed E-state index contributed by atoms with van der Waals surface area (Å²) in [5.74, 6) is 1.83. The van der Waals surface area contributed by atoms with E-state index in [4.69, 9.17) is 19.4 Å². The van der Waals surface area contributed by atoms with Crippen LogP contribution >= 0.6 is 0 Å². The van der Waals surface area contributed by atoms with Gasteiger partial charge in [-0.1, -0.05) is 146 Å². The molecule has 5 nitrogen and oxygen atoms in total. The van der Waals surface area contributed by atoms with Crippen molar-refractivity contribution in [3.63, 3.8) is 0 Å². The molecule has 5 heteroatoms. The number of rotatable bonds is 4. The fourth-order valence-electron chi connectivity index (χ4n) is 7.98. The van der Waals surface area contributed by atoms with Gasteiger partial charge in [0.25, 0.3) is 0 Å². The van der Waals surface area contributed by atoms with E-state index >= 15 is 0 Å². The van der Waals surface area contributed by atoms with Crippen LogP contribution in [0.1, 0.15) is 0 Å². The van der Waals surface area contributed by atoms with Gasteiger partial charge in [-0.25, -0.2) is 15.0 Å². The SMILES string of the molecule is c1ccc(-c2nc(-c3ccccc3)nc(-c3ccc(-n4c5ccccc5c5c6ccccc6c6ccccc6c54)c4oc5ccccc5c34)n2)cc1. The number of nitrogens with zero attached hydrogens (tertiary/aromatic N) is 4. The minimum atomic E-state index is 0.592. The van der Waals surface area contributed by atoms with Crippen molar-refractivity contribution in [3.8, 4) is 39.9 Å². The van der Waals surface area contributed by atoms with E-state index in [1.54, 1.807) is 0 Å². The molecule has 0 saturated heterocycles. The summed E-state index contributed by atoms with van der Waals surface area (Å²) in [7, 11) is 0. The van der Waals surface area contributed by atoms with Crippen LogP contribution in [-0.2, 0) is 0 Å². The lowest BCUT2D eigenvalue weighted by atomic mass is 9.97. The van der Waals surface area contributed by atoms with Gasteiger partial charge in [0.2, 0.25) is 0 Å². The van der Waals surface area contributed by atoms with Crippen molar-refractivity contribution >= 4 is 65.3 Å². The van der Waals surface area contributed by atoms with E-state index in [0.717, 1.165) is 55.3 Å². The highest BCUT2D eigenvalue weighted by Gasteiger charge is 2.24. The van der Waals surface area contributed by atoms with Gasteiger partial charge in [0, 0.05) is 43.6 Å². The van der Waals surface area contributed by atoms with Crippen LogP contribution in [0.5, 0.6) is 0 Å². The maximum atomic E-state index is 6.90. The van der Waals surface area contributed by atoms with E-state index < -0.39 is 0 Å². The number of aromatic nitrogens is 4. The van der Waals surface area contributed by atoms with Crippen LogP contribution in [0.15, 0.2) is 174 Å². The second-order valence-corrected chi connectivity index (χ2v) is 13.1. The summed E-state index contributed by atoms with van der Waals surface area (Å²) < 4.78 is 9.30. The molecule has 11 aromatic rings. The molecule has 0 aliphatic rings. The molecule has 0 saturated carbocycles. The first-order valence-corrected chi connectivity index (χ1v) is 17.5. The maximum absolute atomic E-state index is 6.90. The number of furan rings is 1. The molecule has 0 radical (unpaired) electrons.